The highest BCUT2D eigenvalue weighted by Gasteiger charge is 2.31. The van der Waals surface area contributed by atoms with E-state index in [0.29, 0.717) is 10.6 Å². The highest BCUT2D eigenvalue weighted by molar-refractivity contribution is 6.31. The molecule has 162 valence electrons. The Morgan fingerprint density at radius 3 is 2.45 bits per heavy atom. The molecule has 31 heavy (non-hydrogen) atoms. The molecule has 1 heterocycles. The molecule has 0 fully saturated rings. The number of nitrogens with zero attached hydrogens (tertiary/aromatic N) is 1. The first kappa shape index (κ1) is 22.4. The standard InChI is InChI=1S/C21H17ClF3N3O3/c1-10-7-14(22)9-15(18(29)26-3)16(10)27-19(30)17-11(2)31-20(28-17)12-5-4-6-13(8-12)21(23,24)25/h4-9H,1-3H3,(H,26,29)(H,27,30). The molecule has 0 saturated heterocycles. The summed E-state index contributed by atoms with van der Waals surface area (Å²) in [4.78, 5) is 29.1. The fourth-order valence-corrected chi connectivity index (χ4v) is 3.23. The van der Waals surface area contributed by atoms with Crippen molar-refractivity contribution in [2.75, 3.05) is 12.4 Å². The quantitative estimate of drug-likeness (QED) is 0.568. The van der Waals surface area contributed by atoms with Crippen molar-refractivity contribution in [3.63, 3.8) is 0 Å². The van der Waals surface area contributed by atoms with Crippen molar-refractivity contribution in [3.05, 3.63) is 69.6 Å². The van der Waals surface area contributed by atoms with Crippen LogP contribution in [0.15, 0.2) is 40.8 Å². The average Bonchev–Trinajstić information content (AvgIpc) is 3.10. The van der Waals surface area contributed by atoms with Gasteiger partial charge in [-0.25, -0.2) is 4.98 Å². The Morgan fingerprint density at radius 2 is 1.81 bits per heavy atom. The molecule has 0 aliphatic carbocycles. The van der Waals surface area contributed by atoms with Gasteiger partial charge in [0.2, 0.25) is 5.89 Å². The van der Waals surface area contributed by atoms with Gasteiger partial charge in [0.1, 0.15) is 5.76 Å². The van der Waals surface area contributed by atoms with Gasteiger partial charge in [-0.2, -0.15) is 13.2 Å². The lowest BCUT2D eigenvalue weighted by Gasteiger charge is -2.13. The summed E-state index contributed by atoms with van der Waals surface area (Å²) >= 11 is 6.02. The average molecular weight is 452 g/mol. The van der Waals surface area contributed by atoms with Gasteiger partial charge in [0.15, 0.2) is 5.69 Å². The first-order valence-corrected chi connectivity index (χ1v) is 9.37. The van der Waals surface area contributed by atoms with Crippen LogP contribution < -0.4 is 10.6 Å². The number of amides is 2. The van der Waals surface area contributed by atoms with E-state index >= 15 is 0 Å². The number of alkyl halides is 3. The molecule has 0 saturated carbocycles. The minimum atomic E-state index is -4.53. The zero-order chi connectivity index (χ0) is 22.9. The fraction of sp³-hybridized carbons (Fsp3) is 0.190. The molecule has 10 heteroatoms. The summed E-state index contributed by atoms with van der Waals surface area (Å²) in [5.74, 6) is -1.16. The Bertz CT molecular complexity index is 1170. The van der Waals surface area contributed by atoms with Gasteiger partial charge in [-0.3, -0.25) is 9.59 Å². The van der Waals surface area contributed by atoms with Crippen molar-refractivity contribution >= 4 is 29.1 Å². The monoisotopic (exact) mass is 451 g/mol. The second-order valence-corrected chi connectivity index (χ2v) is 7.12. The number of hydrogen-bond acceptors (Lipinski definition) is 4. The van der Waals surface area contributed by atoms with Gasteiger partial charge in [0.05, 0.1) is 16.8 Å². The van der Waals surface area contributed by atoms with E-state index in [0.717, 1.165) is 12.1 Å². The van der Waals surface area contributed by atoms with Crippen LogP contribution in [0.1, 0.15) is 37.7 Å². The van der Waals surface area contributed by atoms with Gasteiger partial charge in [0, 0.05) is 17.6 Å². The largest absolute Gasteiger partial charge is 0.441 e. The summed E-state index contributed by atoms with van der Waals surface area (Å²) in [6.07, 6.45) is -4.53. The molecule has 3 rings (SSSR count). The molecule has 0 unspecified atom stereocenters. The Kier molecular flexibility index (Phi) is 6.08. The van der Waals surface area contributed by atoms with Crippen LogP contribution in [-0.2, 0) is 6.18 Å². The number of carbonyl (C=O) groups excluding carboxylic acids is 2. The first-order valence-electron chi connectivity index (χ1n) is 9.00. The van der Waals surface area contributed by atoms with Gasteiger partial charge in [0.25, 0.3) is 11.8 Å². The predicted molar refractivity (Wildman–Crippen MR) is 109 cm³/mol. The number of anilines is 1. The highest BCUT2D eigenvalue weighted by Crippen LogP contribution is 2.33. The summed E-state index contributed by atoms with van der Waals surface area (Å²) in [6, 6.07) is 7.43. The Morgan fingerprint density at radius 1 is 1.10 bits per heavy atom. The summed E-state index contributed by atoms with van der Waals surface area (Å²) in [5, 5.41) is 5.40. The van der Waals surface area contributed by atoms with Gasteiger partial charge >= 0.3 is 6.18 Å². The van der Waals surface area contributed by atoms with E-state index in [1.807, 2.05) is 0 Å². The summed E-state index contributed by atoms with van der Waals surface area (Å²) in [5.41, 5.74) is 0.0183. The normalized spacial score (nSPS) is 11.3. The third-order valence-corrected chi connectivity index (χ3v) is 4.68. The maximum Gasteiger partial charge on any atom is 0.416 e. The number of hydrogen-bond donors (Lipinski definition) is 2. The van der Waals surface area contributed by atoms with Gasteiger partial charge in [-0.05, 0) is 49.7 Å². The highest BCUT2D eigenvalue weighted by atomic mass is 35.5. The van der Waals surface area contributed by atoms with E-state index in [1.54, 1.807) is 13.0 Å². The summed E-state index contributed by atoms with van der Waals surface area (Å²) < 4.78 is 44.4. The summed E-state index contributed by atoms with van der Waals surface area (Å²) in [6.45, 7) is 3.13. The van der Waals surface area contributed by atoms with Gasteiger partial charge < -0.3 is 15.1 Å². The Balaban J connectivity index is 1.96. The zero-order valence-corrected chi connectivity index (χ0v) is 17.4. The van der Waals surface area contributed by atoms with Crippen molar-refractivity contribution in [2.45, 2.75) is 20.0 Å². The maximum absolute atomic E-state index is 13.0. The van der Waals surface area contributed by atoms with Gasteiger partial charge in [-0.15, -0.1) is 0 Å². The minimum absolute atomic E-state index is 0.0747. The number of benzene rings is 2. The SMILES string of the molecule is CNC(=O)c1cc(Cl)cc(C)c1NC(=O)c1nc(-c2cccc(C(F)(F)F)c2)oc1C. The minimum Gasteiger partial charge on any atom is -0.441 e. The maximum atomic E-state index is 13.0. The molecule has 2 N–H and O–H groups in total. The molecule has 0 aliphatic rings. The molecule has 0 atom stereocenters. The number of aryl methyl sites for hydroxylation is 2. The fourth-order valence-electron chi connectivity index (χ4n) is 2.95. The number of rotatable bonds is 4. The predicted octanol–water partition coefficient (Wildman–Crippen LogP) is 5.24. The molecular formula is C21H17ClF3N3O3. The Hall–Kier alpha value is -3.33. The topological polar surface area (TPSA) is 84.2 Å². The number of halogens is 4. The molecule has 2 amide bonds. The van der Waals surface area contributed by atoms with Crippen molar-refractivity contribution in [1.82, 2.24) is 10.3 Å². The van der Waals surface area contributed by atoms with Crippen molar-refractivity contribution in [1.29, 1.82) is 0 Å². The zero-order valence-electron chi connectivity index (χ0n) is 16.6. The van der Waals surface area contributed by atoms with E-state index in [4.69, 9.17) is 16.0 Å². The van der Waals surface area contributed by atoms with Crippen LogP contribution in [0.25, 0.3) is 11.5 Å². The lowest BCUT2D eigenvalue weighted by atomic mass is 10.1. The van der Waals surface area contributed by atoms with Crippen LogP contribution in [0.3, 0.4) is 0 Å². The van der Waals surface area contributed by atoms with E-state index in [1.165, 1.54) is 32.2 Å². The van der Waals surface area contributed by atoms with E-state index < -0.39 is 23.6 Å². The van der Waals surface area contributed by atoms with Crippen LogP contribution in [0.2, 0.25) is 5.02 Å². The molecule has 0 spiro atoms. The Labute approximate surface area is 180 Å². The first-order chi connectivity index (χ1) is 14.5. The third-order valence-electron chi connectivity index (χ3n) is 4.46. The molecule has 6 nitrogen and oxygen atoms in total. The second kappa shape index (κ2) is 8.43. The number of aromatic nitrogens is 1. The lowest BCUT2D eigenvalue weighted by molar-refractivity contribution is -0.137. The van der Waals surface area contributed by atoms with Crippen LogP contribution in [0.4, 0.5) is 18.9 Å². The molecule has 1 aromatic heterocycles. The van der Waals surface area contributed by atoms with Crippen LogP contribution >= 0.6 is 11.6 Å². The molecule has 3 aromatic rings. The van der Waals surface area contributed by atoms with Crippen molar-refractivity contribution in [3.8, 4) is 11.5 Å². The molecular weight excluding hydrogens is 435 g/mol. The van der Waals surface area contributed by atoms with E-state index in [-0.39, 0.29) is 34.2 Å². The number of carbonyl (C=O) groups is 2. The smallest absolute Gasteiger partial charge is 0.416 e. The third kappa shape index (κ3) is 4.72. The number of oxazole rings is 1. The second-order valence-electron chi connectivity index (χ2n) is 6.68. The molecule has 0 aliphatic heterocycles. The van der Waals surface area contributed by atoms with Crippen LogP contribution in [0.5, 0.6) is 0 Å². The molecule has 0 radical (unpaired) electrons. The van der Waals surface area contributed by atoms with Gasteiger partial charge in [-0.1, -0.05) is 17.7 Å². The van der Waals surface area contributed by atoms with Crippen molar-refractivity contribution < 1.29 is 27.2 Å². The van der Waals surface area contributed by atoms with Crippen LogP contribution in [-0.4, -0.2) is 23.8 Å². The molecule has 2 aromatic carbocycles. The number of nitrogens with one attached hydrogen (secondary N) is 2. The molecule has 0 bridgehead atoms. The van der Waals surface area contributed by atoms with E-state index in [2.05, 4.69) is 15.6 Å². The van der Waals surface area contributed by atoms with Crippen molar-refractivity contribution in [2.24, 2.45) is 0 Å². The van der Waals surface area contributed by atoms with E-state index in [9.17, 15) is 22.8 Å². The summed E-state index contributed by atoms with van der Waals surface area (Å²) in [7, 11) is 1.44. The lowest BCUT2D eigenvalue weighted by Crippen LogP contribution is -2.22. The van der Waals surface area contributed by atoms with Crippen LogP contribution in [0, 0.1) is 13.8 Å².